The predicted molar refractivity (Wildman–Crippen MR) is 169 cm³/mol. The van der Waals surface area contributed by atoms with Crippen LogP contribution in [-0.4, -0.2) is 69.6 Å². The van der Waals surface area contributed by atoms with Crippen molar-refractivity contribution in [2.75, 3.05) is 23.7 Å². The second-order valence-electron chi connectivity index (χ2n) is 12.7. The Kier molecular flexibility index (Phi) is 8.74. The van der Waals surface area contributed by atoms with E-state index in [0.717, 1.165) is 41.8 Å². The minimum Gasteiger partial charge on any atom is -0.488 e. The average molecular weight is 646 g/mol. The standard InChI is InChI=1S/C30H40ClN7O5S/c1-16(2)44(40,41)27-23(15-33-37-27)34-26-21(31)14-32-28(36-26)35-22-12-17(3)24(20-13-18(4)42-25(20)22)19-8-10-38(11-9-19)29(39)43-30(5,6)7/h12,14-16,18-19H,8-11,13H2,1-7H3,(H,33,37)(H2,32,34,35,36)/t18-/m1/s1. The van der Waals surface area contributed by atoms with Gasteiger partial charge in [-0.15, -0.1) is 0 Å². The fourth-order valence-electron chi connectivity index (χ4n) is 5.67. The number of aromatic amines is 1. The van der Waals surface area contributed by atoms with Crippen LogP contribution < -0.4 is 15.4 Å². The summed E-state index contributed by atoms with van der Waals surface area (Å²) in [7, 11) is -3.63. The fraction of sp³-hybridized carbons (Fsp3) is 0.533. The maximum absolute atomic E-state index is 12.8. The summed E-state index contributed by atoms with van der Waals surface area (Å²) in [6.45, 7) is 14.2. The number of anilines is 4. The molecule has 0 unspecified atom stereocenters. The van der Waals surface area contributed by atoms with E-state index in [0.29, 0.717) is 19.0 Å². The zero-order valence-corrected chi connectivity index (χ0v) is 27.7. The number of nitrogens with one attached hydrogen (secondary N) is 3. The minimum absolute atomic E-state index is 0.00117. The summed E-state index contributed by atoms with van der Waals surface area (Å²) >= 11 is 6.40. The normalized spacial score (nSPS) is 17.4. The molecule has 1 saturated heterocycles. The molecular formula is C30H40ClN7O5S. The first-order valence-corrected chi connectivity index (χ1v) is 16.7. The number of nitrogens with zero attached hydrogens (tertiary/aromatic N) is 4. The Hall–Kier alpha value is -3.58. The Morgan fingerprint density at radius 1 is 1.18 bits per heavy atom. The Labute approximate surface area is 263 Å². The van der Waals surface area contributed by atoms with E-state index in [9.17, 15) is 13.2 Å². The number of halogens is 1. The van der Waals surface area contributed by atoms with Gasteiger partial charge in [-0.05, 0) is 84.4 Å². The first-order chi connectivity index (χ1) is 20.6. The second-order valence-corrected chi connectivity index (χ2v) is 15.5. The molecule has 2 aliphatic rings. The Balaban J connectivity index is 1.38. The number of aromatic nitrogens is 4. The molecule has 5 rings (SSSR count). The van der Waals surface area contributed by atoms with Gasteiger partial charge in [-0.25, -0.2) is 18.2 Å². The summed E-state index contributed by atoms with van der Waals surface area (Å²) in [4.78, 5) is 23.3. The lowest BCUT2D eigenvalue weighted by Gasteiger charge is -2.34. The lowest BCUT2D eigenvalue weighted by Crippen LogP contribution is -2.41. The molecule has 1 atom stereocenters. The number of aryl methyl sites for hydroxylation is 1. The largest absolute Gasteiger partial charge is 0.488 e. The minimum atomic E-state index is -3.63. The van der Waals surface area contributed by atoms with Crippen molar-refractivity contribution < 1.29 is 22.7 Å². The summed E-state index contributed by atoms with van der Waals surface area (Å²) in [5, 5.41) is 12.3. The van der Waals surface area contributed by atoms with Crippen molar-refractivity contribution in [1.82, 2.24) is 25.1 Å². The molecule has 1 aromatic carbocycles. The molecule has 1 amide bonds. The Morgan fingerprint density at radius 2 is 1.89 bits per heavy atom. The van der Waals surface area contributed by atoms with Gasteiger partial charge in [0.25, 0.3) is 0 Å². The molecule has 4 heterocycles. The van der Waals surface area contributed by atoms with Crippen LogP contribution in [0.5, 0.6) is 5.75 Å². The van der Waals surface area contributed by atoms with Crippen LogP contribution in [0.25, 0.3) is 0 Å². The van der Waals surface area contributed by atoms with Crippen LogP contribution in [0.15, 0.2) is 23.5 Å². The molecule has 0 radical (unpaired) electrons. The number of rotatable bonds is 7. The van der Waals surface area contributed by atoms with Crippen LogP contribution in [0.4, 0.5) is 27.9 Å². The van der Waals surface area contributed by atoms with Crippen LogP contribution in [-0.2, 0) is 21.0 Å². The number of benzene rings is 1. The van der Waals surface area contributed by atoms with Gasteiger partial charge in [0, 0.05) is 25.1 Å². The molecule has 3 aromatic rings. The molecule has 2 aromatic heterocycles. The van der Waals surface area contributed by atoms with E-state index in [2.05, 4.69) is 37.7 Å². The predicted octanol–water partition coefficient (Wildman–Crippen LogP) is 6.27. The van der Waals surface area contributed by atoms with Crippen molar-refractivity contribution in [3.63, 3.8) is 0 Å². The molecule has 3 N–H and O–H groups in total. The van der Waals surface area contributed by atoms with Crippen LogP contribution >= 0.6 is 11.6 Å². The third kappa shape index (κ3) is 6.58. The van der Waals surface area contributed by atoms with Crippen molar-refractivity contribution in [2.45, 2.75) is 95.6 Å². The maximum Gasteiger partial charge on any atom is 0.410 e. The summed E-state index contributed by atoms with van der Waals surface area (Å²) in [6, 6.07) is 2.04. The molecule has 0 bridgehead atoms. The molecule has 1 fully saturated rings. The SMILES string of the molecule is Cc1cc(Nc2ncc(Cl)c(Nc3cn[nH]c3S(=O)(=O)C(C)C)n2)c2c(c1C1CCN(C(=O)OC(C)(C)C)CC1)C[C@@H](C)O2. The second kappa shape index (κ2) is 12.1. The third-order valence-electron chi connectivity index (χ3n) is 7.75. The lowest BCUT2D eigenvalue weighted by molar-refractivity contribution is 0.0204. The first-order valence-electron chi connectivity index (χ1n) is 14.8. The van der Waals surface area contributed by atoms with Crippen molar-refractivity contribution in [1.29, 1.82) is 0 Å². The molecule has 12 nitrogen and oxygen atoms in total. The summed E-state index contributed by atoms with van der Waals surface area (Å²) in [5.41, 5.74) is 4.00. The van der Waals surface area contributed by atoms with Gasteiger partial charge in [0.05, 0.1) is 29.0 Å². The van der Waals surface area contributed by atoms with E-state index in [4.69, 9.17) is 21.1 Å². The highest BCUT2D eigenvalue weighted by atomic mass is 35.5. The topological polar surface area (TPSA) is 151 Å². The summed E-state index contributed by atoms with van der Waals surface area (Å²) in [5.74, 6) is 1.54. The number of amides is 1. The number of likely N-dealkylation sites (tertiary alicyclic amines) is 1. The number of ether oxygens (including phenoxy) is 2. The number of H-pyrrole nitrogens is 1. The monoisotopic (exact) mass is 645 g/mol. The number of fused-ring (bicyclic) bond motifs is 1. The number of hydrogen-bond donors (Lipinski definition) is 3. The highest BCUT2D eigenvalue weighted by Crippen LogP contribution is 2.46. The number of sulfone groups is 1. The van der Waals surface area contributed by atoms with Crippen molar-refractivity contribution in [3.8, 4) is 5.75 Å². The van der Waals surface area contributed by atoms with Crippen LogP contribution in [0.1, 0.15) is 77.0 Å². The third-order valence-corrected chi connectivity index (χ3v) is 10.1. The summed E-state index contributed by atoms with van der Waals surface area (Å²) in [6.07, 6.45) is 5.00. The molecule has 2 aliphatic heterocycles. The zero-order chi connectivity index (χ0) is 32.0. The Morgan fingerprint density at radius 3 is 2.55 bits per heavy atom. The Bertz CT molecular complexity index is 1660. The van der Waals surface area contributed by atoms with E-state index in [1.807, 2.05) is 33.8 Å². The van der Waals surface area contributed by atoms with E-state index in [1.54, 1.807) is 18.7 Å². The van der Waals surface area contributed by atoms with Crippen LogP contribution in [0.3, 0.4) is 0 Å². The van der Waals surface area contributed by atoms with Gasteiger partial charge in [0.1, 0.15) is 22.5 Å². The first kappa shape index (κ1) is 31.8. The van der Waals surface area contributed by atoms with Gasteiger partial charge in [-0.1, -0.05) is 11.6 Å². The molecular weight excluding hydrogens is 606 g/mol. The van der Waals surface area contributed by atoms with Gasteiger partial charge in [-0.3, -0.25) is 5.10 Å². The fourth-order valence-corrected chi connectivity index (χ4v) is 6.87. The van der Waals surface area contributed by atoms with Gasteiger partial charge in [0.2, 0.25) is 5.95 Å². The quantitative estimate of drug-likeness (QED) is 0.268. The van der Waals surface area contributed by atoms with Crippen molar-refractivity contribution in [2.24, 2.45) is 0 Å². The van der Waals surface area contributed by atoms with Gasteiger partial charge in [-0.2, -0.15) is 10.1 Å². The van der Waals surface area contributed by atoms with Crippen molar-refractivity contribution in [3.05, 3.63) is 40.2 Å². The molecule has 0 saturated carbocycles. The highest BCUT2D eigenvalue weighted by molar-refractivity contribution is 7.92. The highest BCUT2D eigenvalue weighted by Gasteiger charge is 2.34. The smallest absolute Gasteiger partial charge is 0.410 e. The molecule has 44 heavy (non-hydrogen) atoms. The van der Waals surface area contributed by atoms with Crippen molar-refractivity contribution >= 4 is 50.7 Å². The number of carbonyl (C=O) groups is 1. The van der Waals surface area contributed by atoms with E-state index < -0.39 is 20.7 Å². The number of hydrogen-bond acceptors (Lipinski definition) is 10. The van der Waals surface area contributed by atoms with E-state index in [1.165, 1.54) is 18.0 Å². The molecule has 0 spiro atoms. The molecule has 14 heteroatoms. The van der Waals surface area contributed by atoms with Gasteiger partial charge in [0.15, 0.2) is 20.7 Å². The average Bonchev–Trinajstić information content (AvgIpc) is 3.56. The van der Waals surface area contributed by atoms with E-state index in [-0.39, 0.29) is 39.7 Å². The lowest BCUT2D eigenvalue weighted by atomic mass is 9.82. The maximum atomic E-state index is 12.8. The zero-order valence-electron chi connectivity index (χ0n) is 26.1. The molecule has 0 aliphatic carbocycles. The van der Waals surface area contributed by atoms with Gasteiger partial charge >= 0.3 is 6.09 Å². The number of piperidine rings is 1. The van der Waals surface area contributed by atoms with Crippen LogP contribution in [0, 0.1) is 6.92 Å². The van der Waals surface area contributed by atoms with Crippen LogP contribution in [0.2, 0.25) is 5.02 Å². The summed E-state index contributed by atoms with van der Waals surface area (Å²) < 4.78 is 37.4. The molecule has 238 valence electrons. The number of carbonyl (C=O) groups excluding carboxylic acids is 1. The van der Waals surface area contributed by atoms with Gasteiger partial charge < -0.3 is 25.0 Å². The van der Waals surface area contributed by atoms with E-state index >= 15 is 0 Å².